The molecule has 0 radical (unpaired) electrons. The molecule has 1 amide bonds. The minimum absolute atomic E-state index is 0.00486. The molecule has 6 heteroatoms. The number of para-hydroxylation sites is 1. The van der Waals surface area contributed by atoms with E-state index >= 15 is 0 Å². The predicted molar refractivity (Wildman–Crippen MR) is 98.6 cm³/mol. The van der Waals surface area contributed by atoms with Gasteiger partial charge in [-0.1, -0.05) is 48.0 Å². The van der Waals surface area contributed by atoms with Crippen LogP contribution in [0.5, 0.6) is 0 Å². The number of amides is 1. The summed E-state index contributed by atoms with van der Waals surface area (Å²) in [5.74, 6) is -0.293. The minimum Gasteiger partial charge on any atom is -0.396 e. The van der Waals surface area contributed by atoms with Gasteiger partial charge in [0, 0.05) is 28.6 Å². The van der Waals surface area contributed by atoms with Gasteiger partial charge in [0.25, 0.3) is 5.91 Å². The van der Waals surface area contributed by atoms with E-state index in [0.29, 0.717) is 22.7 Å². The molecule has 2 aromatic carbocycles. The van der Waals surface area contributed by atoms with E-state index in [1.54, 1.807) is 6.07 Å². The summed E-state index contributed by atoms with van der Waals surface area (Å²) in [7, 11) is 0. The third-order valence-corrected chi connectivity index (χ3v) is 4.20. The molecule has 1 heterocycles. The monoisotopic (exact) mass is 355 g/mol. The van der Waals surface area contributed by atoms with Gasteiger partial charge < -0.3 is 10.4 Å². The van der Waals surface area contributed by atoms with Crippen LogP contribution in [0.3, 0.4) is 0 Å². The number of benzene rings is 2. The highest BCUT2D eigenvalue weighted by Crippen LogP contribution is 2.31. The van der Waals surface area contributed by atoms with Crippen LogP contribution < -0.4 is 5.32 Å². The number of nitrogens with one attached hydrogen (secondary N) is 1. The lowest BCUT2D eigenvalue weighted by atomic mass is 10.1. The zero-order valence-corrected chi connectivity index (χ0v) is 14.5. The summed E-state index contributed by atoms with van der Waals surface area (Å²) >= 11 is 6.33. The number of halogens is 1. The normalized spacial score (nSPS) is 12.1. The molecule has 25 heavy (non-hydrogen) atoms. The molecule has 1 aromatic heterocycles. The lowest BCUT2D eigenvalue weighted by Gasteiger charge is -2.13. The number of hydrogen-bond donors (Lipinski definition) is 2. The van der Waals surface area contributed by atoms with Gasteiger partial charge in [0.15, 0.2) is 0 Å². The quantitative estimate of drug-likeness (QED) is 0.735. The number of fused-ring (bicyclic) bond motifs is 1. The molecule has 0 saturated carbocycles. The van der Waals surface area contributed by atoms with Crippen molar-refractivity contribution in [2.75, 3.05) is 6.61 Å². The summed E-state index contributed by atoms with van der Waals surface area (Å²) in [6.45, 7) is 1.83. The zero-order valence-electron chi connectivity index (χ0n) is 13.7. The number of aliphatic hydroxyl groups excluding tert-OH is 1. The smallest absolute Gasteiger partial charge is 0.289 e. The van der Waals surface area contributed by atoms with E-state index < -0.39 is 0 Å². The number of nitrogens with zero attached hydrogens (tertiary/aromatic N) is 2. The summed E-state index contributed by atoms with van der Waals surface area (Å²) in [5.41, 5.74) is 2.05. The Morgan fingerprint density at radius 1 is 1.16 bits per heavy atom. The van der Waals surface area contributed by atoms with Gasteiger partial charge in [-0.15, -0.1) is 0 Å². The number of carbonyl (C=O) groups excluding carboxylic acids is 1. The van der Waals surface area contributed by atoms with E-state index in [0.717, 1.165) is 10.9 Å². The first-order valence-corrected chi connectivity index (χ1v) is 8.41. The van der Waals surface area contributed by atoms with Gasteiger partial charge in [-0.25, -0.2) is 9.97 Å². The largest absolute Gasteiger partial charge is 0.396 e. The topological polar surface area (TPSA) is 75.1 Å². The Balaban J connectivity index is 2.10. The third-order valence-electron chi connectivity index (χ3n) is 3.87. The fraction of sp³-hybridized carbons (Fsp3) is 0.211. The summed E-state index contributed by atoms with van der Waals surface area (Å²) < 4.78 is 0. The molecule has 0 saturated heterocycles. The average molecular weight is 356 g/mol. The van der Waals surface area contributed by atoms with E-state index in [2.05, 4.69) is 15.3 Å². The van der Waals surface area contributed by atoms with E-state index in [9.17, 15) is 4.79 Å². The highest BCUT2D eigenvalue weighted by atomic mass is 35.5. The van der Waals surface area contributed by atoms with Crippen molar-refractivity contribution in [1.82, 2.24) is 15.3 Å². The van der Waals surface area contributed by atoms with Crippen molar-refractivity contribution in [3.8, 4) is 11.3 Å². The summed E-state index contributed by atoms with van der Waals surface area (Å²) in [6.07, 6.45) is 0.469. The molecular weight excluding hydrogens is 338 g/mol. The first kappa shape index (κ1) is 17.3. The van der Waals surface area contributed by atoms with Gasteiger partial charge in [-0.3, -0.25) is 4.79 Å². The fourth-order valence-electron chi connectivity index (χ4n) is 2.59. The molecule has 0 spiro atoms. The fourth-order valence-corrected chi connectivity index (χ4v) is 2.82. The van der Waals surface area contributed by atoms with Gasteiger partial charge in [-0.2, -0.15) is 0 Å². The Morgan fingerprint density at radius 3 is 2.64 bits per heavy atom. The third kappa shape index (κ3) is 3.78. The zero-order chi connectivity index (χ0) is 17.8. The first-order valence-electron chi connectivity index (χ1n) is 8.03. The molecule has 3 aromatic rings. The van der Waals surface area contributed by atoms with E-state index in [4.69, 9.17) is 16.7 Å². The predicted octanol–water partition coefficient (Wildman–Crippen LogP) is 3.45. The summed E-state index contributed by atoms with van der Waals surface area (Å²) in [4.78, 5) is 21.3. The molecule has 0 bridgehead atoms. The van der Waals surface area contributed by atoms with E-state index in [-0.39, 0.29) is 24.4 Å². The Kier molecular flexibility index (Phi) is 5.26. The molecule has 128 valence electrons. The Morgan fingerprint density at radius 2 is 1.88 bits per heavy atom. The molecule has 1 atom stereocenters. The Bertz CT molecular complexity index is 914. The SMILES string of the molecule is CC(CCO)NC(=O)c1nc(-c2ccccc2Cl)c2ccccc2n1. The Hall–Kier alpha value is -2.50. The lowest BCUT2D eigenvalue weighted by molar-refractivity contribution is 0.0924. The van der Waals surface area contributed by atoms with Crippen LogP contribution in [0.25, 0.3) is 22.2 Å². The van der Waals surface area contributed by atoms with Crippen molar-refractivity contribution in [2.45, 2.75) is 19.4 Å². The standard InChI is InChI=1S/C19H18ClN3O2/c1-12(10-11-24)21-19(25)18-22-16-9-5-3-7-14(16)17(23-18)13-6-2-4-8-15(13)20/h2-9,12,24H,10-11H2,1H3,(H,21,25). The van der Waals surface area contributed by atoms with Crippen LogP contribution >= 0.6 is 11.6 Å². The van der Waals surface area contributed by atoms with Crippen LogP contribution in [0, 0.1) is 0 Å². The maximum absolute atomic E-state index is 12.5. The number of hydrogen-bond acceptors (Lipinski definition) is 4. The molecular formula is C19H18ClN3O2. The second-order valence-corrected chi connectivity index (χ2v) is 6.19. The van der Waals surface area contributed by atoms with Crippen molar-refractivity contribution in [1.29, 1.82) is 0 Å². The van der Waals surface area contributed by atoms with Crippen LogP contribution in [0.4, 0.5) is 0 Å². The van der Waals surface area contributed by atoms with Crippen LogP contribution in [0.1, 0.15) is 24.0 Å². The summed E-state index contributed by atoms with van der Waals surface area (Å²) in [6, 6.07) is 14.7. The maximum atomic E-state index is 12.5. The van der Waals surface area contributed by atoms with Gasteiger partial charge in [0.1, 0.15) is 0 Å². The summed E-state index contributed by atoms with van der Waals surface area (Å²) in [5, 5.41) is 13.2. The molecule has 0 aliphatic rings. The van der Waals surface area contributed by atoms with Crippen molar-refractivity contribution >= 4 is 28.4 Å². The van der Waals surface area contributed by atoms with Crippen LogP contribution in [0.15, 0.2) is 48.5 Å². The van der Waals surface area contributed by atoms with Crippen LogP contribution in [-0.4, -0.2) is 33.6 Å². The first-order chi connectivity index (χ1) is 12.1. The van der Waals surface area contributed by atoms with Gasteiger partial charge >= 0.3 is 0 Å². The Labute approximate surface area is 150 Å². The van der Waals surface area contributed by atoms with Crippen molar-refractivity contribution < 1.29 is 9.90 Å². The molecule has 0 fully saturated rings. The second-order valence-electron chi connectivity index (χ2n) is 5.78. The number of aromatic nitrogens is 2. The second kappa shape index (κ2) is 7.59. The minimum atomic E-state index is -0.375. The van der Waals surface area contributed by atoms with Gasteiger partial charge in [-0.05, 0) is 25.5 Å². The van der Waals surface area contributed by atoms with Gasteiger partial charge in [0.2, 0.25) is 5.82 Å². The number of rotatable bonds is 5. The van der Waals surface area contributed by atoms with Crippen LogP contribution in [0.2, 0.25) is 5.02 Å². The molecule has 1 unspecified atom stereocenters. The lowest BCUT2D eigenvalue weighted by Crippen LogP contribution is -2.34. The maximum Gasteiger partial charge on any atom is 0.289 e. The number of aliphatic hydroxyl groups is 1. The average Bonchev–Trinajstić information content (AvgIpc) is 2.61. The molecule has 2 N–H and O–H groups in total. The molecule has 0 aliphatic heterocycles. The molecule has 0 aliphatic carbocycles. The number of carbonyl (C=O) groups is 1. The highest BCUT2D eigenvalue weighted by molar-refractivity contribution is 6.33. The van der Waals surface area contributed by atoms with Gasteiger partial charge in [0.05, 0.1) is 11.2 Å². The van der Waals surface area contributed by atoms with E-state index in [1.165, 1.54) is 0 Å². The molecule has 5 nitrogen and oxygen atoms in total. The van der Waals surface area contributed by atoms with Crippen molar-refractivity contribution in [3.63, 3.8) is 0 Å². The van der Waals surface area contributed by atoms with Crippen molar-refractivity contribution in [3.05, 3.63) is 59.4 Å². The van der Waals surface area contributed by atoms with Crippen molar-refractivity contribution in [2.24, 2.45) is 0 Å². The highest BCUT2D eigenvalue weighted by Gasteiger charge is 2.17. The molecule has 3 rings (SSSR count). The van der Waals surface area contributed by atoms with Crippen LogP contribution in [-0.2, 0) is 0 Å². The van der Waals surface area contributed by atoms with E-state index in [1.807, 2.05) is 49.4 Å².